The normalized spacial score (nSPS) is 24.0. The van der Waals surface area contributed by atoms with Crippen LogP contribution >= 0.6 is 0 Å². The Hall–Kier alpha value is -2.31. The third-order valence-corrected chi connectivity index (χ3v) is 5.21. The molecule has 1 aliphatic carbocycles. The molecule has 0 aromatic carbocycles. The number of hydrogen-bond acceptors (Lipinski definition) is 4. The molecule has 1 N–H and O–H groups in total. The van der Waals surface area contributed by atoms with Gasteiger partial charge in [0.1, 0.15) is 0 Å². The molecule has 136 valence electrons. The van der Waals surface area contributed by atoms with E-state index >= 15 is 0 Å². The highest BCUT2D eigenvalue weighted by atomic mass is 16.3. The fraction of sp³-hybridized carbons (Fsp3) is 0.611. The third-order valence-electron chi connectivity index (χ3n) is 5.21. The Bertz CT molecular complexity index is 620. The van der Waals surface area contributed by atoms with Gasteiger partial charge < -0.3 is 19.5 Å². The molecule has 0 spiro atoms. The minimum atomic E-state index is -0.524. The number of hydrogen-bond donors (Lipinski definition) is 1. The van der Waals surface area contributed by atoms with Crippen molar-refractivity contribution in [3.8, 4) is 0 Å². The molecule has 2 fully saturated rings. The van der Waals surface area contributed by atoms with Crippen molar-refractivity contribution in [1.82, 2.24) is 15.1 Å². The van der Waals surface area contributed by atoms with Gasteiger partial charge in [0, 0.05) is 32.2 Å². The average Bonchev–Trinajstić information content (AvgIpc) is 3.17. The summed E-state index contributed by atoms with van der Waals surface area (Å²) < 4.78 is 5.12. The van der Waals surface area contributed by atoms with Crippen LogP contribution in [-0.2, 0) is 9.59 Å². The van der Waals surface area contributed by atoms with Crippen LogP contribution in [0.3, 0.4) is 0 Å². The lowest BCUT2D eigenvalue weighted by Gasteiger charge is -2.35. The van der Waals surface area contributed by atoms with Crippen molar-refractivity contribution in [2.75, 3.05) is 26.2 Å². The van der Waals surface area contributed by atoms with E-state index < -0.39 is 11.8 Å². The molecule has 1 saturated carbocycles. The minimum Gasteiger partial charge on any atom is -0.459 e. The van der Waals surface area contributed by atoms with Crippen LogP contribution in [-0.4, -0.2) is 59.7 Å². The van der Waals surface area contributed by atoms with E-state index in [2.05, 4.69) is 12.2 Å². The molecule has 1 aliphatic heterocycles. The van der Waals surface area contributed by atoms with Crippen molar-refractivity contribution in [1.29, 1.82) is 0 Å². The lowest BCUT2D eigenvalue weighted by Crippen LogP contribution is -2.55. The van der Waals surface area contributed by atoms with Crippen LogP contribution in [0.15, 0.2) is 22.8 Å². The number of carbonyl (C=O) groups is 3. The van der Waals surface area contributed by atoms with E-state index in [1.165, 1.54) is 17.6 Å². The van der Waals surface area contributed by atoms with Gasteiger partial charge in [0.05, 0.1) is 6.26 Å². The molecule has 1 aromatic heterocycles. The summed E-state index contributed by atoms with van der Waals surface area (Å²) in [4.78, 5) is 40.0. The van der Waals surface area contributed by atoms with Crippen LogP contribution in [0.4, 0.5) is 0 Å². The molecule has 0 radical (unpaired) electrons. The second-order valence-corrected chi connectivity index (χ2v) is 6.90. The summed E-state index contributed by atoms with van der Waals surface area (Å²) >= 11 is 0. The van der Waals surface area contributed by atoms with Gasteiger partial charge in [-0.2, -0.15) is 0 Å². The van der Waals surface area contributed by atoms with Gasteiger partial charge in [0.25, 0.3) is 5.91 Å². The Morgan fingerprint density at radius 2 is 1.76 bits per heavy atom. The van der Waals surface area contributed by atoms with Crippen LogP contribution in [0.25, 0.3) is 0 Å². The maximum Gasteiger partial charge on any atom is 0.312 e. The van der Waals surface area contributed by atoms with E-state index in [-0.39, 0.29) is 11.9 Å². The molecule has 2 heterocycles. The molecule has 3 rings (SSSR count). The summed E-state index contributed by atoms with van der Waals surface area (Å²) in [6, 6.07) is 3.38. The molecule has 7 heteroatoms. The second kappa shape index (κ2) is 7.72. The van der Waals surface area contributed by atoms with E-state index in [1.54, 1.807) is 17.0 Å². The minimum absolute atomic E-state index is 0.0898. The van der Waals surface area contributed by atoms with Crippen LogP contribution in [0.1, 0.15) is 43.2 Å². The van der Waals surface area contributed by atoms with Gasteiger partial charge in [-0.25, -0.2) is 0 Å². The number of rotatable bonds is 2. The van der Waals surface area contributed by atoms with Gasteiger partial charge >= 0.3 is 11.8 Å². The Labute approximate surface area is 147 Å². The molecule has 7 nitrogen and oxygen atoms in total. The third kappa shape index (κ3) is 4.03. The highest BCUT2D eigenvalue weighted by molar-refractivity contribution is 6.35. The molecule has 0 bridgehead atoms. The fourth-order valence-corrected chi connectivity index (χ4v) is 3.57. The van der Waals surface area contributed by atoms with Crippen LogP contribution in [0.5, 0.6) is 0 Å². The van der Waals surface area contributed by atoms with Crippen LogP contribution < -0.4 is 5.32 Å². The van der Waals surface area contributed by atoms with Gasteiger partial charge in [0.15, 0.2) is 5.76 Å². The highest BCUT2D eigenvalue weighted by Crippen LogP contribution is 2.23. The van der Waals surface area contributed by atoms with E-state index in [0.717, 1.165) is 19.3 Å². The van der Waals surface area contributed by atoms with Crippen LogP contribution in [0.2, 0.25) is 0 Å². The molecular weight excluding hydrogens is 322 g/mol. The Morgan fingerprint density at radius 3 is 2.40 bits per heavy atom. The summed E-state index contributed by atoms with van der Waals surface area (Å²) in [7, 11) is 0. The number of carbonyl (C=O) groups excluding carboxylic acids is 3. The summed E-state index contributed by atoms with van der Waals surface area (Å²) in [6.07, 6.45) is 5.77. The Morgan fingerprint density at radius 1 is 1.08 bits per heavy atom. The predicted molar refractivity (Wildman–Crippen MR) is 90.8 cm³/mol. The zero-order chi connectivity index (χ0) is 17.8. The van der Waals surface area contributed by atoms with Crippen molar-refractivity contribution >= 4 is 17.7 Å². The number of nitrogens with zero attached hydrogens (tertiary/aromatic N) is 2. The molecule has 25 heavy (non-hydrogen) atoms. The first-order valence-electron chi connectivity index (χ1n) is 8.99. The summed E-state index contributed by atoms with van der Waals surface area (Å²) in [5.74, 6) is -0.498. The topological polar surface area (TPSA) is 82.9 Å². The van der Waals surface area contributed by atoms with Crippen molar-refractivity contribution in [3.63, 3.8) is 0 Å². The van der Waals surface area contributed by atoms with Gasteiger partial charge in [-0.15, -0.1) is 0 Å². The second-order valence-electron chi connectivity index (χ2n) is 6.90. The first-order chi connectivity index (χ1) is 12.1. The molecular formula is C18H25N3O4. The number of nitrogens with one attached hydrogen (secondary N) is 1. The summed E-state index contributed by atoms with van der Waals surface area (Å²) in [5.41, 5.74) is 0. The van der Waals surface area contributed by atoms with Crippen molar-refractivity contribution in [2.45, 2.75) is 38.6 Å². The largest absolute Gasteiger partial charge is 0.459 e. The van der Waals surface area contributed by atoms with Gasteiger partial charge in [-0.3, -0.25) is 14.4 Å². The predicted octanol–water partition coefficient (Wildman–Crippen LogP) is 1.26. The maximum atomic E-state index is 12.4. The smallest absolute Gasteiger partial charge is 0.312 e. The SMILES string of the molecule is CC1CCCCC1NC(=O)C(=O)N1CCN(C(=O)c2ccco2)CC1. The fourth-order valence-electron chi connectivity index (χ4n) is 3.57. The first-order valence-corrected chi connectivity index (χ1v) is 8.99. The van der Waals surface area contributed by atoms with E-state index in [0.29, 0.717) is 37.9 Å². The van der Waals surface area contributed by atoms with Crippen molar-refractivity contribution in [3.05, 3.63) is 24.2 Å². The monoisotopic (exact) mass is 347 g/mol. The quantitative estimate of drug-likeness (QED) is 0.817. The molecule has 2 aliphatic rings. The summed E-state index contributed by atoms with van der Waals surface area (Å²) in [5, 5.41) is 2.90. The lowest BCUT2D eigenvalue weighted by molar-refractivity contribution is -0.147. The molecule has 1 saturated heterocycles. The van der Waals surface area contributed by atoms with E-state index in [9.17, 15) is 14.4 Å². The van der Waals surface area contributed by atoms with E-state index in [4.69, 9.17) is 4.42 Å². The first kappa shape index (κ1) is 17.5. The van der Waals surface area contributed by atoms with E-state index in [1.807, 2.05) is 0 Å². The lowest BCUT2D eigenvalue weighted by atomic mass is 9.86. The summed E-state index contributed by atoms with van der Waals surface area (Å²) in [6.45, 7) is 3.64. The Kier molecular flexibility index (Phi) is 5.40. The van der Waals surface area contributed by atoms with Crippen LogP contribution in [0, 0.1) is 5.92 Å². The molecule has 2 unspecified atom stereocenters. The Balaban J connectivity index is 1.49. The number of amides is 3. The zero-order valence-corrected chi connectivity index (χ0v) is 14.6. The van der Waals surface area contributed by atoms with Crippen molar-refractivity contribution in [2.24, 2.45) is 5.92 Å². The number of furan rings is 1. The highest BCUT2D eigenvalue weighted by Gasteiger charge is 2.31. The average molecular weight is 347 g/mol. The molecule has 1 aromatic rings. The molecule has 2 atom stereocenters. The van der Waals surface area contributed by atoms with Gasteiger partial charge in [-0.1, -0.05) is 19.8 Å². The zero-order valence-electron chi connectivity index (χ0n) is 14.6. The maximum absolute atomic E-state index is 12.4. The number of piperazine rings is 1. The standard InChI is InChI=1S/C18H25N3O4/c1-13-5-2-3-6-14(13)19-16(22)18(24)21-10-8-20(9-11-21)17(23)15-7-4-12-25-15/h4,7,12-14H,2-3,5-6,8-11H2,1H3,(H,19,22). The van der Waals surface area contributed by atoms with Gasteiger partial charge in [0.2, 0.25) is 0 Å². The molecule has 3 amide bonds. The van der Waals surface area contributed by atoms with Gasteiger partial charge in [-0.05, 0) is 30.9 Å². The van der Waals surface area contributed by atoms with Crippen molar-refractivity contribution < 1.29 is 18.8 Å².